The summed E-state index contributed by atoms with van der Waals surface area (Å²) in [6, 6.07) is 9.16. The van der Waals surface area contributed by atoms with Crippen LogP contribution in [0.4, 0.5) is 13.2 Å². The molecule has 88 valence electrons. The first-order valence-corrected chi connectivity index (χ1v) is 4.99. The Balaban J connectivity index is 2.30. The van der Waals surface area contributed by atoms with E-state index in [1.165, 1.54) is 18.2 Å². The smallest absolute Gasteiger partial charge is 0.292 e. The predicted octanol–water partition coefficient (Wildman–Crippen LogP) is 2.96. The highest BCUT2D eigenvalue weighted by molar-refractivity contribution is 6.04. The minimum absolute atomic E-state index is 0.154. The number of nitriles is 1. The van der Waals surface area contributed by atoms with Crippen molar-refractivity contribution in [2.45, 2.75) is 12.6 Å². The van der Waals surface area contributed by atoms with E-state index < -0.39 is 29.7 Å². The summed E-state index contributed by atoms with van der Waals surface area (Å²) in [6.07, 6.45) is -4.92. The van der Waals surface area contributed by atoms with Crippen molar-refractivity contribution in [2.75, 3.05) is 0 Å². The lowest BCUT2D eigenvalue weighted by atomic mass is 9.93. The molecule has 2 unspecified atom stereocenters. The minimum atomic E-state index is -4.49. The average molecular weight is 239 g/mol. The number of rotatable bonds is 2. The fourth-order valence-electron chi connectivity index (χ4n) is 1.93. The largest absolute Gasteiger partial charge is 0.393 e. The summed E-state index contributed by atoms with van der Waals surface area (Å²) in [5.74, 6) is -2.56. The molecule has 1 fully saturated rings. The molecule has 0 N–H and O–H groups in total. The Morgan fingerprint density at radius 2 is 1.94 bits per heavy atom. The molecule has 0 aromatic heterocycles. The summed E-state index contributed by atoms with van der Waals surface area (Å²) < 4.78 is 37.5. The number of carbonyl (C=O) groups is 1. The van der Waals surface area contributed by atoms with Crippen LogP contribution >= 0.6 is 0 Å². The van der Waals surface area contributed by atoms with Crippen LogP contribution in [0.1, 0.15) is 16.8 Å². The van der Waals surface area contributed by atoms with Crippen molar-refractivity contribution in [3.05, 3.63) is 35.9 Å². The van der Waals surface area contributed by atoms with Crippen LogP contribution in [-0.4, -0.2) is 12.0 Å². The van der Waals surface area contributed by atoms with Gasteiger partial charge in [-0.2, -0.15) is 18.4 Å². The zero-order valence-corrected chi connectivity index (χ0v) is 8.66. The summed E-state index contributed by atoms with van der Waals surface area (Å²) in [7, 11) is 0. The SMILES string of the molecule is N#CC1(C(=O)c2ccccc2)CC1C(F)(F)F. The summed E-state index contributed by atoms with van der Waals surface area (Å²) in [5, 5.41) is 8.85. The predicted molar refractivity (Wildman–Crippen MR) is 53.0 cm³/mol. The highest BCUT2D eigenvalue weighted by atomic mass is 19.4. The van der Waals surface area contributed by atoms with Gasteiger partial charge in [-0.3, -0.25) is 4.79 Å². The number of carbonyl (C=O) groups excluding carboxylic acids is 1. The van der Waals surface area contributed by atoms with Gasteiger partial charge in [-0.25, -0.2) is 0 Å². The van der Waals surface area contributed by atoms with Gasteiger partial charge in [0.1, 0.15) is 5.41 Å². The third kappa shape index (κ3) is 1.80. The molecule has 1 saturated carbocycles. The summed E-state index contributed by atoms with van der Waals surface area (Å²) in [5.41, 5.74) is -1.75. The quantitative estimate of drug-likeness (QED) is 0.744. The number of hydrogen-bond donors (Lipinski definition) is 0. The number of halogens is 3. The third-order valence-electron chi connectivity index (χ3n) is 3.00. The van der Waals surface area contributed by atoms with Gasteiger partial charge in [0.05, 0.1) is 12.0 Å². The Hall–Kier alpha value is -1.83. The molecule has 0 bridgehead atoms. The van der Waals surface area contributed by atoms with Gasteiger partial charge >= 0.3 is 6.18 Å². The van der Waals surface area contributed by atoms with E-state index in [0.717, 1.165) is 0 Å². The van der Waals surface area contributed by atoms with Crippen LogP contribution in [0.2, 0.25) is 0 Å². The standard InChI is InChI=1S/C12H8F3NO/c13-12(14,15)9-6-11(9,7-16)10(17)8-4-2-1-3-5-8/h1-5,9H,6H2. The third-order valence-corrected chi connectivity index (χ3v) is 3.00. The second kappa shape index (κ2) is 3.59. The Kier molecular flexibility index (Phi) is 2.46. The summed E-state index contributed by atoms with van der Waals surface area (Å²) >= 11 is 0. The maximum atomic E-state index is 12.5. The van der Waals surface area contributed by atoms with E-state index in [4.69, 9.17) is 5.26 Å². The van der Waals surface area contributed by atoms with E-state index in [0.29, 0.717) is 0 Å². The van der Waals surface area contributed by atoms with Gasteiger partial charge in [-0.15, -0.1) is 0 Å². The van der Waals surface area contributed by atoms with E-state index in [9.17, 15) is 18.0 Å². The molecule has 0 spiro atoms. The first kappa shape index (κ1) is 11.6. The van der Waals surface area contributed by atoms with E-state index in [1.54, 1.807) is 18.2 Å². The zero-order valence-electron chi connectivity index (χ0n) is 8.66. The van der Waals surface area contributed by atoms with Crippen LogP contribution in [0.15, 0.2) is 30.3 Å². The molecule has 5 heteroatoms. The topological polar surface area (TPSA) is 40.9 Å². The van der Waals surface area contributed by atoms with Crippen LogP contribution in [-0.2, 0) is 0 Å². The van der Waals surface area contributed by atoms with Crippen molar-refractivity contribution >= 4 is 5.78 Å². The summed E-state index contributed by atoms with van der Waals surface area (Å²) in [6.45, 7) is 0. The van der Waals surface area contributed by atoms with Crippen LogP contribution in [0.5, 0.6) is 0 Å². The molecule has 2 rings (SSSR count). The number of Topliss-reactive ketones (excluding diaryl/α,β-unsaturated/α-hetero) is 1. The fourth-order valence-corrected chi connectivity index (χ4v) is 1.93. The molecule has 0 saturated heterocycles. The molecule has 0 radical (unpaired) electrons. The van der Waals surface area contributed by atoms with Gasteiger partial charge in [-0.05, 0) is 6.42 Å². The second-order valence-electron chi connectivity index (χ2n) is 4.08. The Morgan fingerprint density at radius 1 is 1.35 bits per heavy atom. The summed E-state index contributed by atoms with van der Waals surface area (Å²) in [4.78, 5) is 11.9. The van der Waals surface area contributed by atoms with Crippen LogP contribution < -0.4 is 0 Å². The number of ketones is 1. The van der Waals surface area contributed by atoms with Crippen LogP contribution in [0.3, 0.4) is 0 Å². The molecule has 0 heterocycles. The van der Waals surface area contributed by atoms with E-state index >= 15 is 0 Å². The average Bonchev–Trinajstić information content (AvgIpc) is 3.05. The lowest BCUT2D eigenvalue weighted by molar-refractivity contribution is -0.152. The van der Waals surface area contributed by atoms with Gasteiger partial charge in [0.2, 0.25) is 0 Å². The lowest BCUT2D eigenvalue weighted by Crippen LogP contribution is -2.23. The van der Waals surface area contributed by atoms with Crippen molar-refractivity contribution in [1.29, 1.82) is 5.26 Å². The minimum Gasteiger partial charge on any atom is -0.292 e. The van der Waals surface area contributed by atoms with E-state index in [-0.39, 0.29) is 5.56 Å². The molecule has 2 atom stereocenters. The van der Waals surface area contributed by atoms with Crippen LogP contribution in [0.25, 0.3) is 0 Å². The lowest BCUT2D eigenvalue weighted by Gasteiger charge is -2.10. The molecule has 1 aromatic carbocycles. The Labute approximate surface area is 95.7 Å². The number of hydrogen-bond acceptors (Lipinski definition) is 2. The maximum absolute atomic E-state index is 12.5. The van der Waals surface area contributed by atoms with Crippen molar-refractivity contribution in [1.82, 2.24) is 0 Å². The maximum Gasteiger partial charge on any atom is 0.393 e. The van der Waals surface area contributed by atoms with Crippen molar-refractivity contribution in [2.24, 2.45) is 11.3 Å². The molecule has 2 nitrogen and oxygen atoms in total. The van der Waals surface area contributed by atoms with E-state index in [1.807, 2.05) is 0 Å². The first-order valence-electron chi connectivity index (χ1n) is 4.99. The monoisotopic (exact) mass is 239 g/mol. The number of alkyl halides is 3. The zero-order chi connectivity index (χ0) is 12.7. The molecule has 0 aliphatic heterocycles. The van der Waals surface area contributed by atoms with Gasteiger partial charge < -0.3 is 0 Å². The molecule has 1 aromatic rings. The van der Waals surface area contributed by atoms with E-state index in [2.05, 4.69) is 0 Å². The second-order valence-corrected chi connectivity index (χ2v) is 4.08. The molecular formula is C12H8F3NO. The van der Waals surface area contributed by atoms with Crippen molar-refractivity contribution in [3.8, 4) is 6.07 Å². The molecule has 1 aliphatic rings. The normalized spacial score (nSPS) is 27.3. The first-order chi connectivity index (χ1) is 7.92. The van der Waals surface area contributed by atoms with Gasteiger partial charge in [0, 0.05) is 5.56 Å². The van der Waals surface area contributed by atoms with Crippen molar-refractivity contribution < 1.29 is 18.0 Å². The molecule has 17 heavy (non-hydrogen) atoms. The number of nitrogens with zero attached hydrogens (tertiary/aromatic N) is 1. The van der Waals surface area contributed by atoms with Gasteiger partial charge in [0.25, 0.3) is 0 Å². The Morgan fingerprint density at radius 3 is 2.35 bits per heavy atom. The van der Waals surface area contributed by atoms with Gasteiger partial charge in [-0.1, -0.05) is 30.3 Å². The fraction of sp³-hybridized carbons (Fsp3) is 0.333. The van der Waals surface area contributed by atoms with Gasteiger partial charge in [0.15, 0.2) is 5.78 Å². The molecular weight excluding hydrogens is 231 g/mol. The molecule has 0 amide bonds. The highest BCUT2D eigenvalue weighted by Crippen LogP contribution is 2.61. The van der Waals surface area contributed by atoms with Crippen LogP contribution in [0, 0.1) is 22.7 Å². The number of benzene rings is 1. The molecule has 1 aliphatic carbocycles. The Bertz CT molecular complexity index is 489. The highest BCUT2D eigenvalue weighted by Gasteiger charge is 2.71. The van der Waals surface area contributed by atoms with Crippen molar-refractivity contribution in [3.63, 3.8) is 0 Å².